The molecule has 0 spiro atoms. The number of nitrogens with one attached hydrogen (secondary N) is 2. The predicted octanol–water partition coefficient (Wildman–Crippen LogP) is -0.391. The maximum atomic E-state index is 12.0. The van der Waals surface area contributed by atoms with Crippen LogP contribution in [0.4, 0.5) is 0 Å². The molecule has 11 heteroatoms. The van der Waals surface area contributed by atoms with Crippen LogP contribution < -0.4 is 10.0 Å². The van der Waals surface area contributed by atoms with Gasteiger partial charge < -0.3 is 15.0 Å². The molecule has 0 saturated carbocycles. The van der Waals surface area contributed by atoms with Crippen molar-refractivity contribution in [1.29, 1.82) is 0 Å². The summed E-state index contributed by atoms with van der Waals surface area (Å²) >= 11 is 5.83. The summed E-state index contributed by atoms with van der Waals surface area (Å²) in [5, 5.41) is 2.29. The molecule has 0 heterocycles. The number of halogens is 1. The van der Waals surface area contributed by atoms with Gasteiger partial charge in [-0.3, -0.25) is 9.59 Å². The van der Waals surface area contributed by atoms with Crippen molar-refractivity contribution >= 4 is 39.4 Å². The van der Waals surface area contributed by atoms with Gasteiger partial charge in [0.05, 0.1) is 17.1 Å². The summed E-state index contributed by atoms with van der Waals surface area (Å²) in [5.41, 5.74) is -0.0834. The molecule has 1 aromatic carbocycles. The van der Waals surface area contributed by atoms with Gasteiger partial charge in [0, 0.05) is 14.1 Å². The highest BCUT2D eigenvalue weighted by molar-refractivity contribution is 7.89. The highest BCUT2D eigenvalue weighted by atomic mass is 35.5. The molecule has 0 aliphatic rings. The topological polar surface area (TPSA) is 122 Å². The van der Waals surface area contributed by atoms with Gasteiger partial charge in [0.25, 0.3) is 5.91 Å². The zero-order valence-corrected chi connectivity index (χ0v) is 15.4. The van der Waals surface area contributed by atoms with Crippen LogP contribution in [0.1, 0.15) is 10.4 Å². The SMILES string of the molecule is CNC(=O)CN(C)C(=O)COC(=O)c1ccc(Cl)c(S(=O)(=O)NC)c1. The van der Waals surface area contributed by atoms with Gasteiger partial charge in [0.15, 0.2) is 6.61 Å². The zero-order valence-electron chi connectivity index (χ0n) is 13.8. The first-order chi connectivity index (χ1) is 11.6. The number of hydrogen-bond acceptors (Lipinski definition) is 6. The Labute approximate surface area is 150 Å². The van der Waals surface area contributed by atoms with E-state index in [0.717, 1.165) is 11.0 Å². The Bertz CT molecular complexity index is 781. The van der Waals surface area contributed by atoms with Gasteiger partial charge in [-0.2, -0.15) is 0 Å². The summed E-state index contributed by atoms with van der Waals surface area (Å²) in [7, 11) is 0.159. The highest BCUT2D eigenvalue weighted by Gasteiger charge is 2.20. The van der Waals surface area contributed by atoms with E-state index in [9.17, 15) is 22.8 Å². The first-order valence-corrected chi connectivity index (χ1v) is 8.83. The van der Waals surface area contributed by atoms with Gasteiger partial charge in [-0.05, 0) is 25.2 Å². The molecule has 0 atom stereocenters. The maximum Gasteiger partial charge on any atom is 0.338 e. The number of carbonyl (C=O) groups is 3. The molecular weight excluding hydrogens is 374 g/mol. The van der Waals surface area contributed by atoms with Crippen molar-refractivity contribution in [3.8, 4) is 0 Å². The summed E-state index contributed by atoms with van der Waals surface area (Å²) in [6, 6.07) is 3.56. The van der Waals surface area contributed by atoms with Gasteiger partial charge in [0.1, 0.15) is 4.90 Å². The molecule has 2 N–H and O–H groups in total. The van der Waals surface area contributed by atoms with Crippen molar-refractivity contribution in [1.82, 2.24) is 14.9 Å². The van der Waals surface area contributed by atoms with E-state index in [0.29, 0.717) is 0 Å². The summed E-state index contributed by atoms with van der Waals surface area (Å²) < 4.78 is 30.6. The standard InChI is InChI=1S/C14H18ClN3O6S/c1-16-12(19)7-18(3)13(20)8-24-14(21)9-4-5-10(15)11(6-9)25(22,23)17-2/h4-6,17H,7-8H2,1-3H3,(H,16,19). The van der Waals surface area contributed by atoms with E-state index in [1.165, 1.54) is 33.3 Å². The quantitative estimate of drug-likeness (QED) is 0.610. The number of esters is 1. The number of hydrogen-bond donors (Lipinski definition) is 2. The molecule has 1 aromatic rings. The zero-order chi connectivity index (χ0) is 19.2. The van der Waals surface area contributed by atoms with Crippen LogP contribution in [0.25, 0.3) is 0 Å². The van der Waals surface area contributed by atoms with Crippen molar-refractivity contribution < 1.29 is 27.5 Å². The minimum atomic E-state index is -3.86. The van der Waals surface area contributed by atoms with Crippen LogP contribution in [0.3, 0.4) is 0 Å². The fourth-order valence-corrected chi connectivity index (χ4v) is 2.90. The Morgan fingerprint density at radius 1 is 1.24 bits per heavy atom. The van der Waals surface area contributed by atoms with Crippen molar-refractivity contribution in [2.24, 2.45) is 0 Å². The van der Waals surface area contributed by atoms with Crippen molar-refractivity contribution in [3.05, 3.63) is 28.8 Å². The average Bonchev–Trinajstić information content (AvgIpc) is 2.59. The second-order valence-corrected chi connectivity index (χ2v) is 7.11. The summed E-state index contributed by atoms with van der Waals surface area (Å²) in [6.45, 7) is -0.776. The van der Waals surface area contributed by atoms with Gasteiger partial charge in [-0.1, -0.05) is 11.6 Å². The van der Waals surface area contributed by atoms with Crippen LogP contribution in [0.15, 0.2) is 23.1 Å². The van der Waals surface area contributed by atoms with E-state index in [1.54, 1.807) is 0 Å². The number of amides is 2. The van der Waals surface area contributed by atoms with E-state index in [1.807, 2.05) is 0 Å². The Kier molecular flexibility index (Phi) is 7.34. The highest BCUT2D eigenvalue weighted by Crippen LogP contribution is 2.22. The van der Waals surface area contributed by atoms with E-state index in [-0.39, 0.29) is 27.9 Å². The summed E-state index contributed by atoms with van der Waals surface area (Å²) in [4.78, 5) is 35.8. The van der Waals surface area contributed by atoms with Crippen LogP contribution in [0, 0.1) is 0 Å². The fourth-order valence-electron chi connectivity index (χ4n) is 1.65. The Morgan fingerprint density at radius 2 is 1.88 bits per heavy atom. The molecule has 0 aliphatic carbocycles. The normalized spacial score (nSPS) is 10.9. The van der Waals surface area contributed by atoms with Crippen LogP contribution in [-0.4, -0.2) is 65.4 Å². The number of nitrogens with zero attached hydrogens (tertiary/aromatic N) is 1. The van der Waals surface area contributed by atoms with E-state index >= 15 is 0 Å². The minimum absolute atomic E-state index is 0.0627. The lowest BCUT2D eigenvalue weighted by Gasteiger charge is -2.16. The van der Waals surface area contributed by atoms with Gasteiger partial charge >= 0.3 is 5.97 Å². The van der Waals surface area contributed by atoms with E-state index in [2.05, 4.69) is 10.0 Å². The molecule has 0 aliphatic heterocycles. The lowest BCUT2D eigenvalue weighted by molar-refractivity contribution is -0.137. The van der Waals surface area contributed by atoms with Crippen LogP contribution in [0.5, 0.6) is 0 Å². The fraction of sp³-hybridized carbons (Fsp3) is 0.357. The third kappa shape index (κ3) is 5.69. The number of likely N-dealkylation sites (N-methyl/N-ethyl adjacent to an activating group) is 2. The van der Waals surface area contributed by atoms with Crippen molar-refractivity contribution in [3.63, 3.8) is 0 Å². The van der Waals surface area contributed by atoms with Gasteiger partial charge in [-0.25, -0.2) is 17.9 Å². The molecule has 2 amide bonds. The molecule has 0 saturated heterocycles. The molecule has 0 unspecified atom stereocenters. The molecule has 9 nitrogen and oxygen atoms in total. The molecule has 138 valence electrons. The first-order valence-electron chi connectivity index (χ1n) is 6.97. The van der Waals surface area contributed by atoms with E-state index in [4.69, 9.17) is 16.3 Å². The van der Waals surface area contributed by atoms with Crippen molar-refractivity contribution in [2.45, 2.75) is 4.90 Å². The molecule has 0 aromatic heterocycles. The molecule has 0 bridgehead atoms. The molecule has 0 radical (unpaired) electrons. The minimum Gasteiger partial charge on any atom is -0.452 e. The number of sulfonamides is 1. The summed E-state index contributed by atoms with van der Waals surface area (Å²) in [6.07, 6.45) is 0. The second-order valence-electron chi connectivity index (χ2n) is 4.85. The lowest BCUT2D eigenvalue weighted by Crippen LogP contribution is -2.39. The number of ether oxygens (including phenoxy) is 1. The molecule has 1 rings (SSSR count). The molecule has 25 heavy (non-hydrogen) atoms. The maximum absolute atomic E-state index is 12.0. The first kappa shape index (κ1) is 20.9. The van der Waals surface area contributed by atoms with Crippen LogP contribution in [0.2, 0.25) is 5.02 Å². The predicted molar refractivity (Wildman–Crippen MR) is 89.7 cm³/mol. The Balaban J connectivity index is 2.80. The number of benzene rings is 1. The second kappa shape index (κ2) is 8.79. The summed E-state index contributed by atoms with van der Waals surface area (Å²) in [5.74, 6) is -1.86. The van der Waals surface area contributed by atoms with Gasteiger partial charge in [-0.15, -0.1) is 0 Å². The Hall–Kier alpha value is -2.17. The largest absolute Gasteiger partial charge is 0.452 e. The third-order valence-corrected chi connectivity index (χ3v) is 5.03. The molecule has 0 fully saturated rings. The van der Waals surface area contributed by atoms with Crippen LogP contribution in [-0.2, 0) is 24.3 Å². The van der Waals surface area contributed by atoms with Gasteiger partial charge in [0.2, 0.25) is 15.9 Å². The Morgan fingerprint density at radius 3 is 2.44 bits per heavy atom. The smallest absolute Gasteiger partial charge is 0.338 e. The van der Waals surface area contributed by atoms with Crippen molar-refractivity contribution in [2.75, 3.05) is 34.3 Å². The van der Waals surface area contributed by atoms with E-state index < -0.39 is 28.5 Å². The lowest BCUT2D eigenvalue weighted by atomic mass is 10.2. The third-order valence-electron chi connectivity index (χ3n) is 3.14. The average molecular weight is 392 g/mol. The monoisotopic (exact) mass is 391 g/mol. The van der Waals surface area contributed by atoms with Crippen LogP contribution >= 0.6 is 11.6 Å². The number of rotatable bonds is 7. The number of carbonyl (C=O) groups excluding carboxylic acids is 3. The molecular formula is C14H18ClN3O6S.